The first-order chi connectivity index (χ1) is 7.69. The topological polar surface area (TPSA) is 12.5 Å². The fourth-order valence-electron chi connectivity index (χ4n) is 2.20. The average molecular weight is 284 g/mol. The normalized spacial score (nSPS) is 21.6. The molecular weight excluding hydrogens is 266 g/mol. The van der Waals surface area contributed by atoms with Crippen molar-refractivity contribution in [3.8, 4) is 0 Å². The van der Waals surface area contributed by atoms with Gasteiger partial charge in [0.05, 0.1) is 6.10 Å². The zero-order valence-corrected chi connectivity index (χ0v) is 11.5. The summed E-state index contributed by atoms with van der Waals surface area (Å²) in [5.74, 6) is 0. The molecule has 1 aromatic rings. The Labute approximate surface area is 106 Å². The van der Waals surface area contributed by atoms with Crippen molar-refractivity contribution in [3.63, 3.8) is 0 Å². The fraction of sp³-hybridized carbons (Fsp3) is 0.538. The standard InChI is InChI=1S/C13H18BrNO/c1-10-3-4-13(14)11(7-10)8-15-6-5-12(9-15)16-2/h3-4,7,12H,5-6,8-9H2,1-2H3/t12-/m1/s1. The van der Waals surface area contributed by atoms with Crippen LogP contribution in [0, 0.1) is 6.92 Å². The minimum Gasteiger partial charge on any atom is -0.380 e. The molecule has 0 bridgehead atoms. The van der Waals surface area contributed by atoms with E-state index < -0.39 is 0 Å². The van der Waals surface area contributed by atoms with Gasteiger partial charge in [0.2, 0.25) is 0 Å². The first-order valence-electron chi connectivity index (χ1n) is 5.69. The van der Waals surface area contributed by atoms with Gasteiger partial charge in [0.15, 0.2) is 0 Å². The second-order valence-corrected chi connectivity index (χ2v) is 5.33. The van der Waals surface area contributed by atoms with Crippen LogP contribution in [0.15, 0.2) is 22.7 Å². The van der Waals surface area contributed by atoms with Gasteiger partial charge < -0.3 is 4.74 Å². The van der Waals surface area contributed by atoms with Gasteiger partial charge in [0.1, 0.15) is 0 Å². The fourth-order valence-corrected chi connectivity index (χ4v) is 2.57. The monoisotopic (exact) mass is 283 g/mol. The molecule has 3 heteroatoms. The van der Waals surface area contributed by atoms with Crippen molar-refractivity contribution in [2.24, 2.45) is 0 Å². The molecule has 2 nitrogen and oxygen atoms in total. The zero-order valence-electron chi connectivity index (χ0n) is 9.87. The van der Waals surface area contributed by atoms with Gasteiger partial charge in [0, 0.05) is 31.2 Å². The summed E-state index contributed by atoms with van der Waals surface area (Å²) in [5, 5.41) is 0. The van der Waals surface area contributed by atoms with E-state index in [0.717, 1.165) is 26.1 Å². The summed E-state index contributed by atoms with van der Waals surface area (Å²) in [4.78, 5) is 2.45. The SMILES string of the molecule is CO[C@@H]1CCN(Cc2cc(C)ccc2Br)C1. The highest BCUT2D eigenvalue weighted by molar-refractivity contribution is 9.10. The molecular formula is C13H18BrNO. The van der Waals surface area contributed by atoms with Gasteiger partial charge in [0.25, 0.3) is 0 Å². The lowest BCUT2D eigenvalue weighted by atomic mass is 10.1. The van der Waals surface area contributed by atoms with Gasteiger partial charge in [-0.15, -0.1) is 0 Å². The number of aryl methyl sites for hydroxylation is 1. The van der Waals surface area contributed by atoms with Crippen LogP contribution in [0.5, 0.6) is 0 Å². The summed E-state index contributed by atoms with van der Waals surface area (Å²) in [6.45, 7) is 5.34. The number of hydrogen-bond donors (Lipinski definition) is 0. The van der Waals surface area contributed by atoms with Gasteiger partial charge in [-0.1, -0.05) is 33.6 Å². The third-order valence-electron chi connectivity index (χ3n) is 3.16. The predicted molar refractivity (Wildman–Crippen MR) is 69.6 cm³/mol. The molecule has 0 N–H and O–H groups in total. The number of halogens is 1. The molecule has 0 spiro atoms. The second-order valence-electron chi connectivity index (χ2n) is 4.48. The second kappa shape index (κ2) is 5.30. The Morgan fingerprint density at radius 3 is 3.00 bits per heavy atom. The number of rotatable bonds is 3. The Morgan fingerprint density at radius 1 is 1.50 bits per heavy atom. The summed E-state index contributed by atoms with van der Waals surface area (Å²) >= 11 is 3.61. The van der Waals surface area contributed by atoms with E-state index in [1.165, 1.54) is 15.6 Å². The molecule has 1 saturated heterocycles. The van der Waals surface area contributed by atoms with Crippen molar-refractivity contribution >= 4 is 15.9 Å². The van der Waals surface area contributed by atoms with E-state index in [2.05, 4.69) is 46.0 Å². The molecule has 0 aliphatic carbocycles. The molecule has 1 aliphatic heterocycles. The quantitative estimate of drug-likeness (QED) is 0.846. The van der Waals surface area contributed by atoms with Gasteiger partial charge in [-0.3, -0.25) is 4.90 Å². The number of ether oxygens (including phenoxy) is 1. The lowest BCUT2D eigenvalue weighted by Crippen LogP contribution is -2.22. The molecule has 1 atom stereocenters. The third kappa shape index (κ3) is 2.84. The van der Waals surface area contributed by atoms with Crippen LogP contribution in [-0.2, 0) is 11.3 Å². The molecule has 0 radical (unpaired) electrons. The molecule has 88 valence electrons. The van der Waals surface area contributed by atoms with E-state index in [9.17, 15) is 0 Å². The van der Waals surface area contributed by atoms with Crippen LogP contribution in [0.4, 0.5) is 0 Å². The molecule has 16 heavy (non-hydrogen) atoms. The zero-order chi connectivity index (χ0) is 11.5. The number of methoxy groups -OCH3 is 1. The van der Waals surface area contributed by atoms with Gasteiger partial charge >= 0.3 is 0 Å². The molecule has 1 aromatic carbocycles. The van der Waals surface area contributed by atoms with E-state index in [1.54, 1.807) is 7.11 Å². The predicted octanol–water partition coefficient (Wildman–Crippen LogP) is 2.98. The van der Waals surface area contributed by atoms with Crippen molar-refractivity contribution in [3.05, 3.63) is 33.8 Å². The summed E-state index contributed by atoms with van der Waals surface area (Å²) in [5.41, 5.74) is 2.69. The highest BCUT2D eigenvalue weighted by atomic mass is 79.9. The van der Waals surface area contributed by atoms with Gasteiger partial charge in [-0.2, -0.15) is 0 Å². The number of nitrogens with zero attached hydrogens (tertiary/aromatic N) is 1. The van der Waals surface area contributed by atoms with Crippen molar-refractivity contribution in [2.75, 3.05) is 20.2 Å². The minimum absolute atomic E-state index is 0.420. The van der Waals surface area contributed by atoms with Crippen LogP contribution in [0.25, 0.3) is 0 Å². The Morgan fingerprint density at radius 2 is 2.31 bits per heavy atom. The smallest absolute Gasteiger partial charge is 0.0710 e. The summed E-state index contributed by atoms with van der Waals surface area (Å²) in [7, 11) is 1.80. The highest BCUT2D eigenvalue weighted by Gasteiger charge is 2.22. The van der Waals surface area contributed by atoms with Crippen LogP contribution in [-0.4, -0.2) is 31.2 Å². The molecule has 0 unspecified atom stereocenters. The summed E-state index contributed by atoms with van der Waals surface area (Å²) < 4.78 is 6.59. The minimum atomic E-state index is 0.420. The molecule has 0 aromatic heterocycles. The van der Waals surface area contributed by atoms with E-state index >= 15 is 0 Å². The first kappa shape index (κ1) is 12.1. The maximum Gasteiger partial charge on any atom is 0.0710 e. The van der Waals surface area contributed by atoms with Gasteiger partial charge in [-0.25, -0.2) is 0 Å². The van der Waals surface area contributed by atoms with E-state index in [-0.39, 0.29) is 0 Å². The van der Waals surface area contributed by atoms with Crippen LogP contribution in [0.1, 0.15) is 17.5 Å². The van der Waals surface area contributed by atoms with Crippen LogP contribution < -0.4 is 0 Å². The summed E-state index contributed by atoms with van der Waals surface area (Å²) in [6, 6.07) is 6.52. The Balaban J connectivity index is 2.01. The lowest BCUT2D eigenvalue weighted by Gasteiger charge is -2.17. The van der Waals surface area contributed by atoms with Crippen LogP contribution in [0.3, 0.4) is 0 Å². The van der Waals surface area contributed by atoms with Crippen molar-refractivity contribution in [1.29, 1.82) is 0 Å². The molecule has 0 amide bonds. The highest BCUT2D eigenvalue weighted by Crippen LogP contribution is 2.22. The maximum atomic E-state index is 5.38. The Kier molecular flexibility index (Phi) is 4.00. The van der Waals surface area contributed by atoms with Gasteiger partial charge in [-0.05, 0) is 25.0 Å². The maximum absolute atomic E-state index is 5.38. The Hall–Kier alpha value is -0.380. The van der Waals surface area contributed by atoms with Crippen molar-refractivity contribution in [1.82, 2.24) is 4.90 Å². The van der Waals surface area contributed by atoms with E-state index in [4.69, 9.17) is 4.74 Å². The largest absolute Gasteiger partial charge is 0.380 e. The van der Waals surface area contributed by atoms with Crippen LogP contribution >= 0.6 is 15.9 Å². The van der Waals surface area contributed by atoms with Crippen molar-refractivity contribution < 1.29 is 4.74 Å². The van der Waals surface area contributed by atoms with E-state index in [0.29, 0.717) is 6.10 Å². The number of benzene rings is 1. The molecule has 1 heterocycles. The first-order valence-corrected chi connectivity index (χ1v) is 6.48. The van der Waals surface area contributed by atoms with Crippen molar-refractivity contribution in [2.45, 2.75) is 26.0 Å². The lowest BCUT2D eigenvalue weighted by molar-refractivity contribution is 0.107. The number of likely N-dealkylation sites (tertiary alicyclic amines) is 1. The summed E-state index contributed by atoms with van der Waals surface area (Å²) in [6.07, 6.45) is 1.57. The third-order valence-corrected chi connectivity index (χ3v) is 3.93. The average Bonchev–Trinajstić information content (AvgIpc) is 2.71. The van der Waals surface area contributed by atoms with E-state index in [1.807, 2.05) is 0 Å². The molecule has 1 fully saturated rings. The van der Waals surface area contributed by atoms with Crippen LogP contribution in [0.2, 0.25) is 0 Å². The Bertz CT molecular complexity index is 367. The number of hydrogen-bond acceptors (Lipinski definition) is 2. The molecule has 2 rings (SSSR count). The molecule has 1 aliphatic rings. The molecule has 0 saturated carbocycles.